The van der Waals surface area contributed by atoms with Gasteiger partial charge in [-0.25, -0.2) is 0 Å². The van der Waals surface area contributed by atoms with E-state index < -0.39 is 0 Å². The van der Waals surface area contributed by atoms with E-state index in [1.54, 1.807) is 0 Å². The number of nitrogens with zero attached hydrogens (tertiary/aromatic N) is 1. The number of pyridine rings is 1. The van der Waals surface area contributed by atoms with Crippen LogP contribution in [0.2, 0.25) is 0 Å². The highest BCUT2D eigenvalue weighted by molar-refractivity contribution is 5.85. The maximum Gasteiger partial charge on any atom is 0.0661 e. The zero-order valence-electron chi connectivity index (χ0n) is 10.3. The van der Waals surface area contributed by atoms with Crippen molar-refractivity contribution in [2.24, 2.45) is 0 Å². The number of nitrogens with one attached hydrogen (secondary N) is 1. The van der Waals surface area contributed by atoms with Gasteiger partial charge in [0, 0.05) is 24.4 Å². The lowest BCUT2D eigenvalue weighted by molar-refractivity contribution is 0.125. The maximum absolute atomic E-state index is 5.51. The Morgan fingerprint density at radius 3 is 3.00 bits per heavy atom. The fourth-order valence-corrected chi connectivity index (χ4v) is 2.02. The summed E-state index contributed by atoms with van der Waals surface area (Å²) >= 11 is 0. The molecule has 2 rings (SSSR count). The third kappa shape index (κ3) is 2.62. The molecule has 0 aliphatic carbocycles. The van der Waals surface area contributed by atoms with Crippen LogP contribution in [0.3, 0.4) is 0 Å². The van der Waals surface area contributed by atoms with E-state index in [1.165, 1.54) is 16.3 Å². The van der Waals surface area contributed by atoms with Crippen LogP contribution in [0, 0.1) is 0 Å². The first-order valence-electron chi connectivity index (χ1n) is 5.94. The average molecular weight is 230 g/mol. The lowest BCUT2D eigenvalue weighted by Gasteiger charge is -2.18. The first kappa shape index (κ1) is 12.0. The minimum absolute atomic E-state index is 0.223. The molecular weight excluding hydrogens is 212 g/mol. The summed E-state index contributed by atoms with van der Waals surface area (Å²) in [6.45, 7) is 3.44. The van der Waals surface area contributed by atoms with Gasteiger partial charge in [-0.2, -0.15) is 0 Å². The van der Waals surface area contributed by atoms with Gasteiger partial charge in [-0.05, 0) is 31.0 Å². The van der Waals surface area contributed by atoms with Crippen molar-refractivity contribution in [2.45, 2.75) is 13.0 Å². The Kier molecular flexibility index (Phi) is 4.07. The Hall–Kier alpha value is -1.45. The van der Waals surface area contributed by atoms with Crippen LogP contribution < -0.4 is 5.32 Å². The molecule has 3 heteroatoms. The van der Waals surface area contributed by atoms with E-state index >= 15 is 0 Å². The number of fused-ring (bicyclic) bond motifs is 1. The normalized spacial score (nSPS) is 12.8. The number of ether oxygens (including phenoxy) is 1. The molecule has 1 atom stereocenters. The Balaban J connectivity index is 2.38. The van der Waals surface area contributed by atoms with Crippen LogP contribution in [0.25, 0.3) is 10.8 Å². The monoisotopic (exact) mass is 230 g/mol. The van der Waals surface area contributed by atoms with Gasteiger partial charge in [0.25, 0.3) is 0 Å². The van der Waals surface area contributed by atoms with E-state index in [-0.39, 0.29) is 6.04 Å². The quantitative estimate of drug-likeness (QED) is 0.857. The number of likely N-dealkylation sites (N-methyl/N-ethyl adjacent to an activating group) is 1. The Labute approximate surface area is 102 Å². The van der Waals surface area contributed by atoms with Crippen LogP contribution in [0.1, 0.15) is 18.5 Å². The van der Waals surface area contributed by atoms with Crippen LogP contribution in [0.15, 0.2) is 36.7 Å². The zero-order valence-corrected chi connectivity index (χ0v) is 10.3. The van der Waals surface area contributed by atoms with Crippen molar-refractivity contribution in [3.8, 4) is 0 Å². The van der Waals surface area contributed by atoms with Gasteiger partial charge in [0.2, 0.25) is 0 Å². The molecule has 0 aliphatic rings. The molecule has 1 unspecified atom stereocenters. The molecule has 1 aromatic heterocycles. The third-order valence-electron chi connectivity index (χ3n) is 2.93. The summed E-state index contributed by atoms with van der Waals surface area (Å²) in [6, 6.07) is 8.57. The van der Waals surface area contributed by atoms with E-state index in [1.807, 2.05) is 26.4 Å². The van der Waals surface area contributed by atoms with Crippen molar-refractivity contribution >= 4 is 10.8 Å². The summed E-state index contributed by atoms with van der Waals surface area (Å²) in [5.41, 5.74) is 1.26. The van der Waals surface area contributed by atoms with Crippen LogP contribution in [0.5, 0.6) is 0 Å². The molecule has 90 valence electrons. The number of benzene rings is 1. The molecule has 0 fully saturated rings. The molecule has 3 nitrogen and oxygen atoms in total. The minimum atomic E-state index is 0.223. The summed E-state index contributed by atoms with van der Waals surface area (Å²) < 4.78 is 5.51. The molecule has 0 saturated carbocycles. The summed E-state index contributed by atoms with van der Waals surface area (Å²) in [7, 11) is 1.96. The van der Waals surface area contributed by atoms with Crippen molar-refractivity contribution in [1.82, 2.24) is 10.3 Å². The Bertz CT molecular complexity index is 479. The maximum atomic E-state index is 5.51. The molecule has 0 amide bonds. The molecule has 2 aromatic rings. The van der Waals surface area contributed by atoms with Gasteiger partial charge >= 0.3 is 0 Å². The van der Waals surface area contributed by atoms with E-state index in [0.717, 1.165) is 6.61 Å². The minimum Gasteiger partial charge on any atom is -0.380 e. The SMILES string of the molecule is CCOCC(NC)c1cccc2cnccc12. The number of hydrogen-bond acceptors (Lipinski definition) is 3. The predicted octanol–water partition coefficient (Wildman–Crippen LogP) is 2.53. The Morgan fingerprint density at radius 1 is 1.35 bits per heavy atom. The molecule has 1 N–H and O–H groups in total. The highest BCUT2D eigenvalue weighted by Crippen LogP contribution is 2.23. The van der Waals surface area contributed by atoms with Crippen molar-refractivity contribution in [3.05, 3.63) is 42.2 Å². The zero-order chi connectivity index (χ0) is 12.1. The second-order valence-corrected chi connectivity index (χ2v) is 3.94. The van der Waals surface area contributed by atoms with Crippen molar-refractivity contribution in [3.63, 3.8) is 0 Å². The van der Waals surface area contributed by atoms with Gasteiger partial charge in [-0.1, -0.05) is 18.2 Å². The van der Waals surface area contributed by atoms with Crippen LogP contribution in [-0.4, -0.2) is 25.2 Å². The number of rotatable bonds is 5. The molecule has 1 aromatic carbocycles. The van der Waals surface area contributed by atoms with Crippen molar-refractivity contribution in [1.29, 1.82) is 0 Å². The topological polar surface area (TPSA) is 34.1 Å². The molecule has 0 radical (unpaired) electrons. The molecular formula is C14H18N2O. The van der Waals surface area contributed by atoms with Gasteiger partial charge in [-0.3, -0.25) is 4.98 Å². The van der Waals surface area contributed by atoms with Crippen LogP contribution >= 0.6 is 0 Å². The largest absolute Gasteiger partial charge is 0.380 e. The van der Waals surface area contributed by atoms with Gasteiger partial charge in [-0.15, -0.1) is 0 Å². The fraction of sp³-hybridized carbons (Fsp3) is 0.357. The lowest BCUT2D eigenvalue weighted by Crippen LogP contribution is -2.22. The summed E-state index contributed by atoms with van der Waals surface area (Å²) in [4.78, 5) is 4.15. The highest BCUT2D eigenvalue weighted by atomic mass is 16.5. The van der Waals surface area contributed by atoms with E-state index in [0.29, 0.717) is 6.61 Å². The second-order valence-electron chi connectivity index (χ2n) is 3.94. The molecule has 17 heavy (non-hydrogen) atoms. The highest BCUT2D eigenvalue weighted by Gasteiger charge is 2.11. The van der Waals surface area contributed by atoms with Gasteiger partial charge in [0.05, 0.1) is 12.6 Å². The number of aromatic nitrogens is 1. The second kappa shape index (κ2) is 5.75. The standard InChI is InChI=1S/C14H18N2O/c1-3-17-10-14(15-2)13-6-4-5-11-9-16-8-7-12(11)13/h4-9,14-15H,3,10H2,1-2H3. The third-order valence-corrected chi connectivity index (χ3v) is 2.93. The molecule has 0 bridgehead atoms. The van der Waals surface area contributed by atoms with Crippen molar-refractivity contribution in [2.75, 3.05) is 20.3 Å². The van der Waals surface area contributed by atoms with Gasteiger partial charge in [0.1, 0.15) is 0 Å². The van der Waals surface area contributed by atoms with Crippen LogP contribution in [-0.2, 0) is 4.74 Å². The number of hydrogen-bond donors (Lipinski definition) is 1. The smallest absolute Gasteiger partial charge is 0.0661 e. The van der Waals surface area contributed by atoms with Gasteiger partial charge < -0.3 is 10.1 Å². The molecule has 0 spiro atoms. The Morgan fingerprint density at radius 2 is 2.24 bits per heavy atom. The van der Waals surface area contributed by atoms with E-state index in [4.69, 9.17) is 4.74 Å². The first-order valence-corrected chi connectivity index (χ1v) is 5.94. The summed E-state index contributed by atoms with van der Waals surface area (Å²) in [5.74, 6) is 0. The van der Waals surface area contributed by atoms with E-state index in [2.05, 4.69) is 34.6 Å². The van der Waals surface area contributed by atoms with E-state index in [9.17, 15) is 0 Å². The predicted molar refractivity (Wildman–Crippen MR) is 70.0 cm³/mol. The average Bonchev–Trinajstić information content (AvgIpc) is 2.40. The van der Waals surface area contributed by atoms with Crippen LogP contribution in [0.4, 0.5) is 0 Å². The summed E-state index contributed by atoms with van der Waals surface area (Å²) in [6.07, 6.45) is 3.73. The fourth-order valence-electron chi connectivity index (χ4n) is 2.02. The summed E-state index contributed by atoms with van der Waals surface area (Å²) in [5, 5.41) is 5.71. The molecule has 0 aliphatic heterocycles. The molecule has 1 heterocycles. The first-order chi connectivity index (χ1) is 8.36. The lowest BCUT2D eigenvalue weighted by atomic mass is 10.0. The van der Waals surface area contributed by atoms with Crippen molar-refractivity contribution < 1.29 is 4.74 Å². The molecule has 0 saturated heterocycles. The van der Waals surface area contributed by atoms with Gasteiger partial charge in [0.15, 0.2) is 0 Å².